The molecule has 1 aromatic heterocycles. The van der Waals surface area contributed by atoms with E-state index in [9.17, 15) is 0 Å². The van der Waals surface area contributed by atoms with E-state index in [0.717, 1.165) is 22.3 Å². The van der Waals surface area contributed by atoms with E-state index in [1.807, 2.05) is 49.5 Å². The summed E-state index contributed by atoms with van der Waals surface area (Å²) in [6.07, 6.45) is 0. The number of hydrogen-bond donors (Lipinski definition) is 1. The van der Waals surface area contributed by atoms with Gasteiger partial charge in [-0.1, -0.05) is 23.2 Å². The lowest BCUT2D eigenvalue weighted by atomic mass is 10.2. The summed E-state index contributed by atoms with van der Waals surface area (Å²) in [7, 11) is 1.83. The fourth-order valence-electron chi connectivity index (χ4n) is 2.02. The van der Waals surface area contributed by atoms with Crippen LogP contribution < -0.4 is 5.32 Å². The van der Waals surface area contributed by atoms with Crippen LogP contribution >= 0.6 is 23.2 Å². The SMILES string of the molecule is CNc1nc(-c2ccc(Cl)cc2)nc2ccc(Cl)cc12. The van der Waals surface area contributed by atoms with Gasteiger partial charge in [0.1, 0.15) is 5.82 Å². The number of nitrogens with one attached hydrogen (secondary N) is 1. The fraction of sp³-hybridized carbons (Fsp3) is 0.0667. The second kappa shape index (κ2) is 5.27. The van der Waals surface area contributed by atoms with Gasteiger partial charge in [-0.05, 0) is 42.5 Å². The van der Waals surface area contributed by atoms with Gasteiger partial charge in [0.05, 0.1) is 5.52 Å². The maximum atomic E-state index is 6.02. The third-order valence-corrected chi connectivity index (χ3v) is 3.48. The molecule has 0 saturated heterocycles. The van der Waals surface area contributed by atoms with E-state index in [1.165, 1.54) is 0 Å². The van der Waals surface area contributed by atoms with Crippen molar-refractivity contribution in [3.63, 3.8) is 0 Å². The van der Waals surface area contributed by atoms with Crippen LogP contribution in [0.5, 0.6) is 0 Å². The van der Waals surface area contributed by atoms with Crippen LogP contribution in [0, 0.1) is 0 Å². The summed E-state index contributed by atoms with van der Waals surface area (Å²) >= 11 is 11.9. The summed E-state index contributed by atoms with van der Waals surface area (Å²) in [6, 6.07) is 13.0. The van der Waals surface area contributed by atoms with Crippen LogP contribution in [0.15, 0.2) is 42.5 Å². The second-order valence-corrected chi connectivity index (χ2v) is 5.19. The largest absolute Gasteiger partial charge is 0.373 e. The summed E-state index contributed by atoms with van der Waals surface area (Å²) in [5.74, 6) is 1.41. The summed E-state index contributed by atoms with van der Waals surface area (Å²) in [5, 5.41) is 5.34. The average Bonchev–Trinajstić information content (AvgIpc) is 2.47. The van der Waals surface area contributed by atoms with E-state index in [1.54, 1.807) is 0 Å². The predicted octanol–water partition coefficient (Wildman–Crippen LogP) is 4.65. The molecule has 100 valence electrons. The Morgan fingerprint density at radius 2 is 1.60 bits per heavy atom. The Kier molecular flexibility index (Phi) is 3.47. The van der Waals surface area contributed by atoms with Gasteiger partial charge in [-0.25, -0.2) is 9.97 Å². The molecule has 3 aromatic rings. The van der Waals surface area contributed by atoms with Crippen molar-refractivity contribution in [2.24, 2.45) is 0 Å². The van der Waals surface area contributed by atoms with Gasteiger partial charge in [-0.15, -0.1) is 0 Å². The number of rotatable bonds is 2. The third-order valence-electron chi connectivity index (χ3n) is 3.00. The van der Waals surface area contributed by atoms with E-state index in [4.69, 9.17) is 23.2 Å². The minimum Gasteiger partial charge on any atom is -0.373 e. The molecule has 0 spiro atoms. The van der Waals surface area contributed by atoms with Crippen LogP contribution in [0.1, 0.15) is 0 Å². The van der Waals surface area contributed by atoms with Crippen LogP contribution in [0.4, 0.5) is 5.82 Å². The van der Waals surface area contributed by atoms with Crippen molar-refractivity contribution in [3.8, 4) is 11.4 Å². The first-order chi connectivity index (χ1) is 9.67. The minimum atomic E-state index is 0.654. The van der Waals surface area contributed by atoms with Crippen molar-refractivity contribution < 1.29 is 0 Å². The number of nitrogens with zero attached hydrogens (tertiary/aromatic N) is 2. The van der Waals surface area contributed by atoms with E-state index < -0.39 is 0 Å². The molecule has 1 N–H and O–H groups in total. The topological polar surface area (TPSA) is 37.8 Å². The molecule has 3 nitrogen and oxygen atoms in total. The summed E-state index contributed by atoms with van der Waals surface area (Å²) in [4.78, 5) is 9.11. The van der Waals surface area contributed by atoms with Crippen LogP contribution in [-0.2, 0) is 0 Å². The Morgan fingerprint density at radius 3 is 2.30 bits per heavy atom. The highest BCUT2D eigenvalue weighted by molar-refractivity contribution is 6.31. The molecular formula is C15H11Cl2N3. The van der Waals surface area contributed by atoms with Gasteiger partial charge < -0.3 is 5.32 Å². The molecule has 0 aliphatic rings. The fourth-order valence-corrected chi connectivity index (χ4v) is 2.32. The highest BCUT2D eigenvalue weighted by atomic mass is 35.5. The molecule has 0 amide bonds. The van der Waals surface area contributed by atoms with Gasteiger partial charge in [-0.2, -0.15) is 0 Å². The molecule has 0 fully saturated rings. The van der Waals surface area contributed by atoms with Crippen molar-refractivity contribution in [3.05, 3.63) is 52.5 Å². The lowest BCUT2D eigenvalue weighted by Crippen LogP contribution is -1.98. The predicted molar refractivity (Wildman–Crippen MR) is 84.5 cm³/mol. The lowest BCUT2D eigenvalue weighted by Gasteiger charge is -2.08. The Bertz CT molecular complexity index is 770. The Hall–Kier alpha value is -1.84. The zero-order valence-corrected chi connectivity index (χ0v) is 12.2. The third kappa shape index (κ3) is 2.42. The first kappa shape index (κ1) is 13.2. The number of benzene rings is 2. The molecule has 5 heteroatoms. The zero-order valence-electron chi connectivity index (χ0n) is 10.7. The van der Waals surface area contributed by atoms with Gasteiger partial charge in [0.2, 0.25) is 0 Å². The van der Waals surface area contributed by atoms with Crippen molar-refractivity contribution in [1.29, 1.82) is 0 Å². The average molecular weight is 304 g/mol. The standard InChI is InChI=1S/C15H11Cl2N3/c1-18-15-12-8-11(17)6-7-13(12)19-14(20-15)9-2-4-10(16)5-3-9/h2-8H,1H3,(H,18,19,20). The minimum absolute atomic E-state index is 0.654. The van der Waals surface area contributed by atoms with Gasteiger partial charge in [0.25, 0.3) is 0 Å². The molecule has 1 heterocycles. The molecule has 0 unspecified atom stereocenters. The number of hydrogen-bond acceptors (Lipinski definition) is 3. The Morgan fingerprint density at radius 1 is 0.900 bits per heavy atom. The quantitative estimate of drug-likeness (QED) is 0.749. The van der Waals surface area contributed by atoms with E-state index >= 15 is 0 Å². The van der Waals surface area contributed by atoms with Gasteiger partial charge in [-0.3, -0.25) is 0 Å². The summed E-state index contributed by atoms with van der Waals surface area (Å²) in [6.45, 7) is 0. The summed E-state index contributed by atoms with van der Waals surface area (Å²) in [5.41, 5.74) is 1.77. The van der Waals surface area contributed by atoms with Crippen LogP contribution in [0.25, 0.3) is 22.3 Å². The monoisotopic (exact) mass is 303 g/mol. The van der Waals surface area contributed by atoms with E-state index in [2.05, 4.69) is 15.3 Å². The normalized spacial score (nSPS) is 10.8. The number of anilines is 1. The smallest absolute Gasteiger partial charge is 0.162 e. The highest BCUT2D eigenvalue weighted by Gasteiger charge is 2.09. The van der Waals surface area contributed by atoms with Crippen molar-refractivity contribution in [2.75, 3.05) is 12.4 Å². The molecule has 0 bridgehead atoms. The Labute approximate surface area is 126 Å². The van der Waals surface area contributed by atoms with E-state index in [-0.39, 0.29) is 0 Å². The second-order valence-electron chi connectivity index (χ2n) is 4.31. The first-order valence-electron chi connectivity index (χ1n) is 6.08. The van der Waals surface area contributed by atoms with Crippen molar-refractivity contribution in [1.82, 2.24) is 9.97 Å². The lowest BCUT2D eigenvalue weighted by molar-refractivity contribution is 1.21. The molecule has 2 aromatic carbocycles. The highest BCUT2D eigenvalue weighted by Crippen LogP contribution is 2.27. The molecular weight excluding hydrogens is 293 g/mol. The van der Waals surface area contributed by atoms with Crippen molar-refractivity contribution in [2.45, 2.75) is 0 Å². The van der Waals surface area contributed by atoms with Gasteiger partial charge >= 0.3 is 0 Å². The number of fused-ring (bicyclic) bond motifs is 1. The zero-order chi connectivity index (χ0) is 14.1. The first-order valence-corrected chi connectivity index (χ1v) is 6.84. The van der Waals surface area contributed by atoms with Crippen LogP contribution in [0.2, 0.25) is 10.0 Å². The molecule has 0 radical (unpaired) electrons. The van der Waals surface area contributed by atoms with Crippen LogP contribution in [-0.4, -0.2) is 17.0 Å². The van der Waals surface area contributed by atoms with Crippen LogP contribution in [0.3, 0.4) is 0 Å². The van der Waals surface area contributed by atoms with Crippen molar-refractivity contribution >= 4 is 39.9 Å². The number of aromatic nitrogens is 2. The molecule has 0 atom stereocenters. The molecule has 20 heavy (non-hydrogen) atoms. The maximum Gasteiger partial charge on any atom is 0.162 e. The van der Waals surface area contributed by atoms with Gasteiger partial charge in [0.15, 0.2) is 5.82 Å². The number of halogens is 2. The summed E-state index contributed by atoms with van der Waals surface area (Å²) < 4.78 is 0. The van der Waals surface area contributed by atoms with Gasteiger partial charge in [0, 0.05) is 28.0 Å². The molecule has 0 aliphatic carbocycles. The van der Waals surface area contributed by atoms with E-state index in [0.29, 0.717) is 15.9 Å². The molecule has 0 aliphatic heterocycles. The Balaban J connectivity index is 2.22. The molecule has 3 rings (SSSR count). The molecule has 0 saturated carbocycles. The maximum absolute atomic E-state index is 6.02.